The van der Waals surface area contributed by atoms with Gasteiger partial charge in [-0.05, 0) is 38.1 Å². The zero-order valence-electron chi connectivity index (χ0n) is 12.2. The molecule has 0 aromatic rings. The second-order valence-electron chi connectivity index (χ2n) is 6.68. The molecule has 2 aliphatic heterocycles. The summed E-state index contributed by atoms with van der Waals surface area (Å²) >= 11 is 0. The highest BCUT2D eigenvalue weighted by Crippen LogP contribution is 2.36. The molecular formula is C15H28N2O. The van der Waals surface area contributed by atoms with Gasteiger partial charge in [-0.1, -0.05) is 20.8 Å². The Morgan fingerprint density at radius 3 is 2.56 bits per heavy atom. The fraction of sp³-hybridized carbons (Fsp3) is 0.933. The molecule has 0 aliphatic carbocycles. The summed E-state index contributed by atoms with van der Waals surface area (Å²) in [6.07, 6.45) is 5.03. The maximum atomic E-state index is 12.5. The number of likely N-dealkylation sites (tertiary alicyclic amines) is 1. The summed E-state index contributed by atoms with van der Waals surface area (Å²) in [6, 6.07) is 0. The van der Waals surface area contributed by atoms with Crippen molar-refractivity contribution in [3.05, 3.63) is 0 Å². The van der Waals surface area contributed by atoms with Crippen LogP contribution in [0.1, 0.15) is 46.5 Å². The Balaban J connectivity index is 1.99. The summed E-state index contributed by atoms with van der Waals surface area (Å²) in [6.45, 7) is 10.6. The van der Waals surface area contributed by atoms with Crippen molar-refractivity contribution in [2.75, 3.05) is 26.2 Å². The predicted octanol–water partition coefficient (Wildman–Crippen LogP) is 2.27. The second kappa shape index (κ2) is 5.60. The number of rotatable bonds is 2. The van der Waals surface area contributed by atoms with Gasteiger partial charge in [-0.2, -0.15) is 0 Å². The highest BCUT2D eigenvalue weighted by Gasteiger charge is 2.38. The normalized spacial score (nSPS) is 30.8. The lowest BCUT2D eigenvalue weighted by atomic mass is 9.74. The van der Waals surface area contributed by atoms with Crippen molar-refractivity contribution in [1.82, 2.24) is 10.2 Å². The van der Waals surface area contributed by atoms with Crippen LogP contribution >= 0.6 is 0 Å². The highest BCUT2D eigenvalue weighted by atomic mass is 16.2. The van der Waals surface area contributed by atoms with Gasteiger partial charge in [0.15, 0.2) is 0 Å². The monoisotopic (exact) mass is 252 g/mol. The van der Waals surface area contributed by atoms with E-state index < -0.39 is 0 Å². The van der Waals surface area contributed by atoms with Gasteiger partial charge < -0.3 is 10.2 Å². The molecule has 1 amide bonds. The van der Waals surface area contributed by atoms with Gasteiger partial charge in [-0.25, -0.2) is 0 Å². The highest BCUT2D eigenvalue weighted by molar-refractivity contribution is 5.78. The van der Waals surface area contributed by atoms with Crippen molar-refractivity contribution in [3.8, 4) is 0 Å². The summed E-state index contributed by atoms with van der Waals surface area (Å²) in [4.78, 5) is 14.6. The Morgan fingerprint density at radius 1 is 1.22 bits per heavy atom. The van der Waals surface area contributed by atoms with E-state index in [4.69, 9.17) is 0 Å². The quantitative estimate of drug-likeness (QED) is 0.817. The molecule has 2 rings (SSSR count). The number of carbonyl (C=O) groups excluding carboxylic acids is 1. The molecule has 2 fully saturated rings. The van der Waals surface area contributed by atoms with Gasteiger partial charge in [0.1, 0.15) is 0 Å². The third-order valence-electron chi connectivity index (χ3n) is 4.92. The maximum absolute atomic E-state index is 12.5. The van der Waals surface area contributed by atoms with Crippen molar-refractivity contribution in [2.45, 2.75) is 46.5 Å². The Morgan fingerprint density at radius 2 is 1.94 bits per heavy atom. The third-order valence-corrected chi connectivity index (χ3v) is 4.92. The molecule has 0 saturated carbocycles. The molecule has 0 bridgehead atoms. The van der Waals surface area contributed by atoms with Crippen LogP contribution in [0.5, 0.6) is 0 Å². The van der Waals surface area contributed by atoms with Crippen molar-refractivity contribution < 1.29 is 4.79 Å². The van der Waals surface area contributed by atoms with Gasteiger partial charge in [0, 0.05) is 31.0 Å². The van der Waals surface area contributed by atoms with Crippen LogP contribution in [0.15, 0.2) is 0 Å². The van der Waals surface area contributed by atoms with Crippen LogP contribution in [0.4, 0.5) is 0 Å². The van der Waals surface area contributed by atoms with Crippen molar-refractivity contribution in [3.63, 3.8) is 0 Å². The third kappa shape index (κ3) is 2.87. The van der Waals surface area contributed by atoms with Gasteiger partial charge in [0.2, 0.25) is 5.91 Å². The number of nitrogens with one attached hydrogen (secondary N) is 1. The molecule has 1 spiro atoms. The Bertz CT molecular complexity index is 289. The number of hydrogen-bond acceptors (Lipinski definition) is 2. The first kappa shape index (κ1) is 13.9. The molecule has 1 N–H and O–H groups in total. The second-order valence-corrected chi connectivity index (χ2v) is 6.68. The summed E-state index contributed by atoms with van der Waals surface area (Å²) in [5.74, 6) is 0.978. The minimum Gasteiger partial charge on any atom is -0.342 e. The lowest BCUT2D eigenvalue weighted by Gasteiger charge is -2.46. The Labute approximate surface area is 111 Å². The first-order valence-electron chi connectivity index (χ1n) is 7.54. The van der Waals surface area contributed by atoms with E-state index in [0.29, 0.717) is 17.2 Å². The van der Waals surface area contributed by atoms with Gasteiger partial charge in [0.05, 0.1) is 0 Å². The Hall–Kier alpha value is -0.570. The average Bonchev–Trinajstić information content (AvgIpc) is 2.38. The average molecular weight is 252 g/mol. The predicted molar refractivity (Wildman–Crippen MR) is 74.4 cm³/mol. The molecule has 2 unspecified atom stereocenters. The summed E-state index contributed by atoms with van der Waals surface area (Å²) in [5.41, 5.74) is 0.378. The Kier molecular flexibility index (Phi) is 4.31. The molecule has 2 saturated heterocycles. The van der Waals surface area contributed by atoms with E-state index in [2.05, 4.69) is 31.0 Å². The van der Waals surface area contributed by atoms with Gasteiger partial charge >= 0.3 is 0 Å². The van der Waals surface area contributed by atoms with Crippen LogP contribution in [0.3, 0.4) is 0 Å². The van der Waals surface area contributed by atoms with E-state index in [9.17, 15) is 4.79 Å². The molecule has 3 heteroatoms. The maximum Gasteiger partial charge on any atom is 0.225 e. The zero-order valence-corrected chi connectivity index (χ0v) is 12.2. The van der Waals surface area contributed by atoms with E-state index in [-0.39, 0.29) is 5.92 Å². The smallest absolute Gasteiger partial charge is 0.225 e. The molecule has 2 atom stereocenters. The van der Waals surface area contributed by atoms with Crippen LogP contribution in [0.2, 0.25) is 0 Å². The summed E-state index contributed by atoms with van der Waals surface area (Å²) in [7, 11) is 0. The molecular weight excluding hydrogens is 224 g/mol. The molecule has 2 heterocycles. The fourth-order valence-corrected chi connectivity index (χ4v) is 3.35. The lowest BCUT2D eigenvalue weighted by molar-refractivity contribution is -0.140. The minimum absolute atomic E-state index is 0.164. The molecule has 0 radical (unpaired) electrons. The van der Waals surface area contributed by atoms with Gasteiger partial charge in [0.25, 0.3) is 0 Å². The van der Waals surface area contributed by atoms with Crippen molar-refractivity contribution in [1.29, 1.82) is 0 Å². The number of nitrogens with zero attached hydrogens (tertiary/aromatic N) is 1. The van der Waals surface area contributed by atoms with E-state index >= 15 is 0 Å². The van der Waals surface area contributed by atoms with Gasteiger partial charge in [-0.3, -0.25) is 4.79 Å². The summed E-state index contributed by atoms with van der Waals surface area (Å²) < 4.78 is 0. The first-order valence-corrected chi connectivity index (χ1v) is 7.54. The van der Waals surface area contributed by atoms with Crippen LogP contribution in [-0.2, 0) is 4.79 Å². The van der Waals surface area contributed by atoms with Crippen LogP contribution in [0, 0.1) is 17.3 Å². The van der Waals surface area contributed by atoms with Crippen molar-refractivity contribution >= 4 is 5.91 Å². The zero-order chi connectivity index (χ0) is 13.2. The number of amides is 1. The van der Waals surface area contributed by atoms with E-state index in [1.807, 2.05) is 0 Å². The van der Waals surface area contributed by atoms with Crippen molar-refractivity contribution in [2.24, 2.45) is 17.3 Å². The molecule has 0 aromatic carbocycles. The summed E-state index contributed by atoms with van der Waals surface area (Å²) in [5, 5.41) is 3.52. The molecule has 0 aromatic heterocycles. The SMILES string of the molecule is CC(C)C(C)C(=O)N1CCCC2(CCCNC2)C1. The number of hydrogen-bond donors (Lipinski definition) is 1. The van der Waals surface area contributed by atoms with E-state index in [0.717, 1.165) is 26.2 Å². The van der Waals surface area contributed by atoms with Crippen LogP contribution in [-0.4, -0.2) is 37.0 Å². The molecule has 3 nitrogen and oxygen atoms in total. The number of carbonyl (C=O) groups is 1. The molecule has 2 aliphatic rings. The lowest BCUT2D eigenvalue weighted by Crippen LogP contribution is -2.53. The molecule has 18 heavy (non-hydrogen) atoms. The molecule has 104 valence electrons. The topological polar surface area (TPSA) is 32.3 Å². The largest absolute Gasteiger partial charge is 0.342 e. The number of piperidine rings is 2. The van der Waals surface area contributed by atoms with E-state index in [1.54, 1.807) is 0 Å². The fourth-order valence-electron chi connectivity index (χ4n) is 3.35. The van der Waals surface area contributed by atoms with Crippen LogP contribution in [0.25, 0.3) is 0 Å². The minimum atomic E-state index is 0.164. The van der Waals surface area contributed by atoms with Crippen LogP contribution < -0.4 is 5.32 Å². The first-order chi connectivity index (χ1) is 8.54. The van der Waals surface area contributed by atoms with Gasteiger partial charge in [-0.15, -0.1) is 0 Å². The standard InChI is InChI=1S/C15H28N2O/c1-12(2)13(3)14(18)17-9-5-7-15(11-17)6-4-8-16-10-15/h12-13,16H,4-11H2,1-3H3. The van der Waals surface area contributed by atoms with E-state index in [1.165, 1.54) is 25.7 Å².